The molecule has 0 saturated carbocycles. The van der Waals surface area contributed by atoms with Gasteiger partial charge in [0.1, 0.15) is 0 Å². The minimum Gasteiger partial charge on any atom is -0.399 e. The molecule has 0 aliphatic rings. The summed E-state index contributed by atoms with van der Waals surface area (Å²) in [6.07, 6.45) is 0. The molecule has 2 rings (SSSR count). The third kappa shape index (κ3) is 4.04. The summed E-state index contributed by atoms with van der Waals surface area (Å²) in [5.74, 6) is -0.0474. The lowest BCUT2D eigenvalue weighted by atomic mass is 10.1. The summed E-state index contributed by atoms with van der Waals surface area (Å²) in [6.45, 7) is 5.00. The van der Waals surface area contributed by atoms with E-state index in [0.717, 1.165) is 15.9 Å². The SMILES string of the molecule is CCN(Cc1cccc(C)n1)C(=O)c1cc(N)cc(Br)c1. The third-order valence-electron chi connectivity index (χ3n) is 3.13. The molecular weight excluding hydrogens is 330 g/mol. The molecule has 21 heavy (non-hydrogen) atoms. The van der Waals surface area contributed by atoms with Crippen LogP contribution in [0.5, 0.6) is 0 Å². The number of nitrogens with two attached hydrogens (primary N) is 1. The summed E-state index contributed by atoms with van der Waals surface area (Å²) in [6, 6.07) is 11.1. The summed E-state index contributed by atoms with van der Waals surface area (Å²) in [4.78, 5) is 18.8. The molecule has 0 fully saturated rings. The first-order valence-corrected chi connectivity index (χ1v) is 7.56. The Morgan fingerprint density at radius 1 is 1.33 bits per heavy atom. The summed E-state index contributed by atoms with van der Waals surface area (Å²) in [7, 11) is 0. The Morgan fingerprint density at radius 2 is 2.10 bits per heavy atom. The van der Waals surface area contributed by atoms with E-state index in [-0.39, 0.29) is 5.91 Å². The molecular formula is C16H18BrN3O. The number of halogens is 1. The maximum atomic E-state index is 12.6. The highest BCUT2D eigenvalue weighted by Crippen LogP contribution is 2.19. The summed E-state index contributed by atoms with van der Waals surface area (Å²) < 4.78 is 0.801. The number of amides is 1. The lowest BCUT2D eigenvalue weighted by molar-refractivity contribution is 0.0750. The van der Waals surface area contributed by atoms with Crippen LogP contribution < -0.4 is 5.73 Å². The predicted molar refractivity (Wildman–Crippen MR) is 87.9 cm³/mol. The number of pyridine rings is 1. The van der Waals surface area contributed by atoms with Gasteiger partial charge in [0, 0.05) is 28.0 Å². The van der Waals surface area contributed by atoms with Crippen molar-refractivity contribution in [2.75, 3.05) is 12.3 Å². The number of hydrogen-bond donors (Lipinski definition) is 1. The van der Waals surface area contributed by atoms with E-state index in [0.29, 0.717) is 24.3 Å². The highest BCUT2D eigenvalue weighted by molar-refractivity contribution is 9.10. The zero-order valence-corrected chi connectivity index (χ0v) is 13.7. The molecule has 0 atom stereocenters. The highest BCUT2D eigenvalue weighted by Gasteiger charge is 2.16. The molecule has 1 amide bonds. The minimum absolute atomic E-state index is 0.0474. The van der Waals surface area contributed by atoms with Crippen LogP contribution in [0.1, 0.15) is 28.7 Å². The number of nitrogen functional groups attached to an aromatic ring is 1. The maximum Gasteiger partial charge on any atom is 0.254 e. The first-order chi connectivity index (χ1) is 9.99. The van der Waals surface area contributed by atoms with Crippen molar-refractivity contribution in [2.24, 2.45) is 0 Å². The van der Waals surface area contributed by atoms with E-state index in [1.54, 1.807) is 23.1 Å². The second kappa shape index (κ2) is 6.72. The van der Waals surface area contributed by atoms with E-state index in [1.807, 2.05) is 32.0 Å². The van der Waals surface area contributed by atoms with Crippen molar-refractivity contribution in [3.05, 3.63) is 57.8 Å². The van der Waals surface area contributed by atoms with Crippen molar-refractivity contribution < 1.29 is 4.79 Å². The van der Waals surface area contributed by atoms with Crippen LogP contribution in [0.25, 0.3) is 0 Å². The molecule has 1 aromatic carbocycles. The van der Waals surface area contributed by atoms with E-state index in [9.17, 15) is 4.79 Å². The fourth-order valence-corrected chi connectivity index (χ4v) is 2.64. The molecule has 1 heterocycles. The van der Waals surface area contributed by atoms with Crippen LogP contribution in [0.15, 0.2) is 40.9 Å². The second-order valence-electron chi connectivity index (χ2n) is 4.86. The van der Waals surface area contributed by atoms with Gasteiger partial charge in [-0.05, 0) is 44.2 Å². The van der Waals surface area contributed by atoms with Crippen molar-refractivity contribution in [1.82, 2.24) is 9.88 Å². The fourth-order valence-electron chi connectivity index (χ4n) is 2.13. The molecule has 0 spiro atoms. The topological polar surface area (TPSA) is 59.2 Å². The third-order valence-corrected chi connectivity index (χ3v) is 3.59. The average Bonchev–Trinajstić information content (AvgIpc) is 2.43. The molecule has 0 bridgehead atoms. The standard InChI is InChI=1S/C16H18BrN3O/c1-3-20(10-15-6-4-5-11(2)19-15)16(21)12-7-13(17)9-14(18)8-12/h4-9H,3,10,18H2,1-2H3. The second-order valence-corrected chi connectivity index (χ2v) is 5.78. The first-order valence-electron chi connectivity index (χ1n) is 6.77. The Labute approximate surface area is 133 Å². The molecule has 2 aromatic rings. The lowest BCUT2D eigenvalue weighted by Gasteiger charge is -2.21. The van der Waals surface area contributed by atoms with Crippen LogP contribution >= 0.6 is 15.9 Å². The largest absolute Gasteiger partial charge is 0.399 e. The molecule has 0 saturated heterocycles. The maximum absolute atomic E-state index is 12.6. The molecule has 1 aromatic heterocycles. The quantitative estimate of drug-likeness (QED) is 0.862. The molecule has 0 aliphatic carbocycles. The predicted octanol–water partition coefficient (Wildman–Crippen LogP) is 3.40. The van der Waals surface area contributed by atoms with Gasteiger partial charge in [0.2, 0.25) is 0 Å². The van der Waals surface area contributed by atoms with E-state index in [4.69, 9.17) is 5.73 Å². The zero-order valence-electron chi connectivity index (χ0n) is 12.1. The van der Waals surface area contributed by atoms with E-state index >= 15 is 0 Å². The molecule has 5 heteroatoms. The van der Waals surface area contributed by atoms with Gasteiger partial charge in [-0.15, -0.1) is 0 Å². The van der Waals surface area contributed by atoms with Gasteiger partial charge >= 0.3 is 0 Å². The summed E-state index contributed by atoms with van der Waals surface area (Å²) in [5, 5.41) is 0. The Hall–Kier alpha value is -1.88. The van der Waals surface area contributed by atoms with Crippen LogP contribution in [0.4, 0.5) is 5.69 Å². The van der Waals surface area contributed by atoms with Crippen molar-refractivity contribution >= 4 is 27.5 Å². The van der Waals surface area contributed by atoms with Crippen LogP contribution in [0.3, 0.4) is 0 Å². The highest BCUT2D eigenvalue weighted by atomic mass is 79.9. The number of anilines is 1. The van der Waals surface area contributed by atoms with E-state index in [1.165, 1.54) is 0 Å². The van der Waals surface area contributed by atoms with E-state index < -0.39 is 0 Å². The van der Waals surface area contributed by atoms with Gasteiger partial charge in [0.15, 0.2) is 0 Å². The van der Waals surface area contributed by atoms with Crippen LogP contribution in [0.2, 0.25) is 0 Å². The Balaban J connectivity index is 2.22. The normalized spacial score (nSPS) is 10.4. The van der Waals surface area contributed by atoms with Crippen molar-refractivity contribution in [1.29, 1.82) is 0 Å². The van der Waals surface area contributed by atoms with Crippen molar-refractivity contribution in [2.45, 2.75) is 20.4 Å². The smallest absolute Gasteiger partial charge is 0.254 e. The Bertz CT molecular complexity index is 637. The summed E-state index contributed by atoms with van der Waals surface area (Å²) in [5.41, 5.74) is 8.77. The van der Waals surface area contributed by atoms with Crippen LogP contribution in [-0.4, -0.2) is 22.3 Å². The van der Waals surface area contributed by atoms with Gasteiger partial charge in [-0.1, -0.05) is 22.0 Å². The number of nitrogens with zero attached hydrogens (tertiary/aromatic N) is 2. The summed E-state index contributed by atoms with van der Waals surface area (Å²) >= 11 is 3.37. The van der Waals surface area contributed by atoms with Crippen molar-refractivity contribution in [3.63, 3.8) is 0 Å². The van der Waals surface area contributed by atoms with Crippen LogP contribution in [-0.2, 0) is 6.54 Å². The molecule has 0 radical (unpaired) electrons. The monoisotopic (exact) mass is 347 g/mol. The molecule has 110 valence electrons. The van der Waals surface area contributed by atoms with Gasteiger partial charge in [-0.25, -0.2) is 0 Å². The molecule has 2 N–H and O–H groups in total. The van der Waals surface area contributed by atoms with Gasteiger partial charge in [0.05, 0.1) is 12.2 Å². The minimum atomic E-state index is -0.0474. The zero-order chi connectivity index (χ0) is 15.4. The lowest BCUT2D eigenvalue weighted by Crippen LogP contribution is -2.30. The number of carbonyl (C=O) groups excluding carboxylic acids is 1. The van der Waals surface area contributed by atoms with E-state index in [2.05, 4.69) is 20.9 Å². The van der Waals surface area contributed by atoms with Crippen LogP contribution in [0, 0.1) is 6.92 Å². The van der Waals surface area contributed by atoms with Crippen molar-refractivity contribution in [3.8, 4) is 0 Å². The number of carbonyl (C=O) groups is 1. The first kappa shape index (κ1) is 15.5. The Morgan fingerprint density at radius 3 is 2.71 bits per heavy atom. The van der Waals surface area contributed by atoms with Gasteiger partial charge < -0.3 is 10.6 Å². The molecule has 4 nitrogen and oxygen atoms in total. The number of aromatic nitrogens is 1. The van der Waals surface area contributed by atoms with Gasteiger partial charge in [-0.3, -0.25) is 9.78 Å². The number of rotatable bonds is 4. The number of benzene rings is 1. The molecule has 0 unspecified atom stereocenters. The van der Waals surface area contributed by atoms with Gasteiger partial charge in [-0.2, -0.15) is 0 Å². The fraction of sp³-hybridized carbons (Fsp3) is 0.250. The number of hydrogen-bond acceptors (Lipinski definition) is 3. The average molecular weight is 348 g/mol. The molecule has 0 aliphatic heterocycles. The Kier molecular flexibility index (Phi) is 4.96. The van der Waals surface area contributed by atoms with Gasteiger partial charge in [0.25, 0.3) is 5.91 Å². The number of aryl methyl sites for hydroxylation is 1.